The number of hydrogen-bond acceptors (Lipinski definition) is 6. The molecule has 0 aromatic carbocycles. The van der Waals surface area contributed by atoms with E-state index < -0.39 is 16.9 Å². The average Bonchev–Trinajstić information content (AvgIpc) is 2.94. The molecule has 0 unspecified atom stereocenters. The molecule has 9 nitrogen and oxygen atoms in total. The monoisotopic (exact) mass is 330 g/mol. The molecule has 3 heterocycles. The number of nitrogens with zero attached hydrogens (tertiary/aromatic N) is 3. The second-order valence-electron chi connectivity index (χ2n) is 6.11. The summed E-state index contributed by atoms with van der Waals surface area (Å²) in [6.45, 7) is 3.99. The molecule has 0 fully saturated rings. The van der Waals surface area contributed by atoms with E-state index in [1.807, 2.05) is 0 Å². The number of nitrogens with one attached hydrogen (secondary N) is 3. The van der Waals surface area contributed by atoms with Crippen LogP contribution in [0.25, 0.3) is 16.9 Å². The molecule has 0 aliphatic carbocycles. The third-order valence-corrected chi connectivity index (χ3v) is 3.51. The third kappa shape index (κ3) is 3.35. The maximum absolute atomic E-state index is 12.0. The quantitative estimate of drug-likeness (QED) is 0.534. The van der Waals surface area contributed by atoms with E-state index >= 15 is 0 Å². The van der Waals surface area contributed by atoms with Crippen molar-refractivity contribution in [1.29, 1.82) is 0 Å². The third-order valence-electron chi connectivity index (χ3n) is 3.51. The van der Waals surface area contributed by atoms with Crippen LogP contribution in [0.15, 0.2) is 34.2 Å². The van der Waals surface area contributed by atoms with Crippen LogP contribution < -0.4 is 16.6 Å². The van der Waals surface area contributed by atoms with Gasteiger partial charge < -0.3 is 15.4 Å². The molecule has 0 atom stereocenters. The largest absolute Gasteiger partial charge is 0.390 e. The van der Waals surface area contributed by atoms with Gasteiger partial charge in [0, 0.05) is 25.1 Å². The molecule has 0 aliphatic rings. The van der Waals surface area contributed by atoms with Crippen LogP contribution in [0.1, 0.15) is 20.3 Å². The van der Waals surface area contributed by atoms with Gasteiger partial charge in [-0.15, -0.1) is 0 Å². The van der Waals surface area contributed by atoms with Gasteiger partial charge >= 0.3 is 5.69 Å². The summed E-state index contributed by atoms with van der Waals surface area (Å²) in [5.41, 5.74) is 0.0452. The van der Waals surface area contributed by atoms with Gasteiger partial charge in [-0.25, -0.2) is 14.3 Å². The summed E-state index contributed by atoms with van der Waals surface area (Å²) in [5, 5.41) is 17.4. The highest BCUT2D eigenvalue weighted by molar-refractivity contribution is 5.73. The molecule has 0 radical (unpaired) electrons. The number of aromatic nitrogens is 5. The molecule has 0 bridgehead atoms. The maximum atomic E-state index is 12.0. The van der Waals surface area contributed by atoms with Crippen molar-refractivity contribution in [1.82, 2.24) is 24.6 Å². The number of hydrogen-bond donors (Lipinski definition) is 4. The normalized spacial score (nSPS) is 11.8. The van der Waals surface area contributed by atoms with E-state index in [0.29, 0.717) is 30.0 Å². The molecule has 0 amide bonds. The molecule has 126 valence electrons. The fourth-order valence-corrected chi connectivity index (χ4v) is 2.28. The van der Waals surface area contributed by atoms with Crippen LogP contribution in [-0.2, 0) is 0 Å². The molecule has 4 N–H and O–H groups in total. The van der Waals surface area contributed by atoms with Crippen molar-refractivity contribution >= 4 is 11.3 Å². The van der Waals surface area contributed by atoms with Gasteiger partial charge in [-0.3, -0.25) is 9.78 Å². The predicted molar refractivity (Wildman–Crippen MR) is 89.1 cm³/mol. The smallest absolute Gasteiger partial charge is 0.325 e. The van der Waals surface area contributed by atoms with Crippen LogP contribution in [-0.4, -0.2) is 41.8 Å². The van der Waals surface area contributed by atoms with E-state index in [2.05, 4.69) is 25.4 Å². The van der Waals surface area contributed by atoms with E-state index in [1.165, 1.54) is 6.20 Å². The standard InChI is InChI=1S/C15H18N6O3/c1-15(2,24)3-4-16-11-7-10(20-21-6-5-17-12(11)21)9-8-18-14(23)19-13(9)22/h5-8,16,24H,3-4H2,1-2H3,(H2,18,19,22,23). The number of anilines is 1. The number of fused-ring (bicyclic) bond motifs is 1. The summed E-state index contributed by atoms with van der Waals surface area (Å²) in [6, 6.07) is 1.69. The van der Waals surface area contributed by atoms with E-state index in [9.17, 15) is 14.7 Å². The lowest BCUT2D eigenvalue weighted by Crippen LogP contribution is -2.23. The van der Waals surface area contributed by atoms with Gasteiger partial charge in [-0.05, 0) is 26.3 Å². The predicted octanol–water partition coefficient (Wildman–Crippen LogP) is 0.346. The summed E-state index contributed by atoms with van der Waals surface area (Å²) in [4.78, 5) is 32.0. The molecule has 3 rings (SSSR count). The van der Waals surface area contributed by atoms with Crippen molar-refractivity contribution < 1.29 is 5.11 Å². The Morgan fingerprint density at radius 1 is 1.38 bits per heavy atom. The molecule has 0 saturated carbocycles. The summed E-state index contributed by atoms with van der Waals surface area (Å²) >= 11 is 0. The number of imidazole rings is 1. The van der Waals surface area contributed by atoms with Crippen LogP contribution in [0.5, 0.6) is 0 Å². The molecular formula is C15H18N6O3. The summed E-state index contributed by atoms with van der Waals surface area (Å²) in [7, 11) is 0. The van der Waals surface area contributed by atoms with Crippen molar-refractivity contribution in [2.75, 3.05) is 11.9 Å². The van der Waals surface area contributed by atoms with E-state index in [-0.39, 0.29) is 5.56 Å². The highest BCUT2D eigenvalue weighted by Gasteiger charge is 2.14. The zero-order chi connectivity index (χ0) is 17.3. The van der Waals surface area contributed by atoms with Crippen molar-refractivity contribution in [2.45, 2.75) is 25.9 Å². The molecule has 3 aromatic rings. The molecule has 0 spiro atoms. The Hall–Kier alpha value is -2.94. The van der Waals surface area contributed by atoms with Gasteiger partial charge in [0.15, 0.2) is 5.65 Å². The van der Waals surface area contributed by atoms with Crippen LogP contribution in [0, 0.1) is 0 Å². The SMILES string of the molecule is CC(C)(O)CCNc1cc(-c2c[nH]c(=O)[nH]c2=O)nn2ccnc12. The number of rotatable bonds is 5. The van der Waals surface area contributed by atoms with Crippen molar-refractivity contribution in [2.24, 2.45) is 0 Å². The average molecular weight is 330 g/mol. The van der Waals surface area contributed by atoms with Crippen LogP contribution in [0.3, 0.4) is 0 Å². The highest BCUT2D eigenvalue weighted by Crippen LogP contribution is 2.21. The van der Waals surface area contributed by atoms with Gasteiger partial charge in [0.05, 0.1) is 16.9 Å². The lowest BCUT2D eigenvalue weighted by molar-refractivity contribution is 0.0749. The van der Waals surface area contributed by atoms with Crippen LogP contribution in [0.4, 0.5) is 5.69 Å². The minimum Gasteiger partial charge on any atom is -0.390 e. The number of aromatic amines is 2. The molecular weight excluding hydrogens is 312 g/mol. The topological polar surface area (TPSA) is 128 Å². The number of aliphatic hydroxyl groups is 1. The Morgan fingerprint density at radius 2 is 2.17 bits per heavy atom. The summed E-state index contributed by atoms with van der Waals surface area (Å²) in [5.74, 6) is 0. The Bertz CT molecular complexity index is 979. The van der Waals surface area contributed by atoms with E-state index in [1.54, 1.807) is 36.8 Å². The van der Waals surface area contributed by atoms with E-state index in [4.69, 9.17) is 0 Å². The van der Waals surface area contributed by atoms with Gasteiger partial charge in [0.25, 0.3) is 5.56 Å². The second kappa shape index (κ2) is 5.93. The van der Waals surface area contributed by atoms with Crippen molar-refractivity contribution in [3.63, 3.8) is 0 Å². The first-order valence-corrected chi connectivity index (χ1v) is 7.46. The summed E-state index contributed by atoms with van der Waals surface area (Å²) < 4.78 is 1.55. The van der Waals surface area contributed by atoms with Gasteiger partial charge in [-0.2, -0.15) is 5.10 Å². The molecule has 3 aromatic heterocycles. The fraction of sp³-hybridized carbons (Fsp3) is 0.333. The summed E-state index contributed by atoms with van der Waals surface area (Å²) in [6.07, 6.45) is 5.13. The Labute approximate surface area is 136 Å². The molecule has 0 aliphatic heterocycles. The highest BCUT2D eigenvalue weighted by atomic mass is 16.3. The van der Waals surface area contributed by atoms with Gasteiger partial charge in [-0.1, -0.05) is 0 Å². The second-order valence-corrected chi connectivity index (χ2v) is 6.11. The lowest BCUT2D eigenvalue weighted by atomic mass is 10.1. The lowest BCUT2D eigenvalue weighted by Gasteiger charge is -2.17. The Morgan fingerprint density at radius 3 is 2.88 bits per heavy atom. The Balaban J connectivity index is 2.01. The zero-order valence-corrected chi connectivity index (χ0v) is 13.3. The first-order chi connectivity index (χ1) is 11.3. The maximum Gasteiger partial charge on any atom is 0.325 e. The van der Waals surface area contributed by atoms with Crippen LogP contribution in [0.2, 0.25) is 0 Å². The Kier molecular flexibility index (Phi) is 3.94. The van der Waals surface area contributed by atoms with Crippen LogP contribution >= 0.6 is 0 Å². The van der Waals surface area contributed by atoms with Crippen molar-refractivity contribution in [3.8, 4) is 11.3 Å². The number of H-pyrrole nitrogens is 2. The van der Waals surface area contributed by atoms with Gasteiger partial charge in [0.2, 0.25) is 0 Å². The van der Waals surface area contributed by atoms with Crippen molar-refractivity contribution in [3.05, 3.63) is 45.5 Å². The zero-order valence-electron chi connectivity index (χ0n) is 13.3. The first-order valence-electron chi connectivity index (χ1n) is 7.46. The molecule has 9 heteroatoms. The first kappa shape index (κ1) is 15.9. The minimum atomic E-state index is -0.787. The van der Waals surface area contributed by atoms with Gasteiger partial charge in [0.1, 0.15) is 5.69 Å². The minimum absolute atomic E-state index is 0.246. The van der Waals surface area contributed by atoms with E-state index in [0.717, 1.165) is 0 Å². The molecule has 24 heavy (non-hydrogen) atoms. The fourth-order valence-electron chi connectivity index (χ4n) is 2.28. The molecule has 0 saturated heterocycles.